The molecule has 1 aliphatic rings. The van der Waals surface area contributed by atoms with Gasteiger partial charge in [-0.25, -0.2) is 9.18 Å². The van der Waals surface area contributed by atoms with E-state index in [9.17, 15) is 14.0 Å². The van der Waals surface area contributed by atoms with Crippen LogP contribution in [0.5, 0.6) is 0 Å². The molecule has 1 aromatic carbocycles. The van der Waals surface area contributed by atoms with Crippen molar-refractivity contribution in [2.75, 3.05) is 6.61 Å². The van der Waals surface area contributed by atoms with E-state index < -0.39 is 5.97 Å². The number of ether oxygens (including phenoxy) is 1. The fraction of sp³-hybridized carbons (Fsp3) is 0.474. The molecule has 1 aromatic rings. The van der Waals surface area contributed by atoms with Gasteiger partial charge in [0.2, 0.25) is 0 Å². The van der Waals surface area contributed by atoms with Crippen molar-refractivity contribution in [3.05, 3.63) is 41.7 Å². The Balaban J connectivity index is 1.76. The van der Waals surface area contributed by atoms with Crippen molar-refractivity contribution in [1.82, 2.24) is 5.32 Å². The van der Waals surface area contributed by atoms with Crippen molar-refractivity contribution in [2.45, 2.75) is 39.2 Å². The fourth-order valence-electron chi connectivity index (χ4n) is 2.99. The lowest BCUT2D eigenvalue weighted by Crippen LogP contribution is -2.45. The lowest BCUT2D eigenvalue weighted by atomic mass is 9.78. The van der Waals surface area contributed by atoms with Crippen LogP contribution < -0.4 is 5.32 Å². The molecule has 0 radical (unpaired) electrons. The van der Waals surface area contributed by atoms with Gasteiger partial charge in [0.1, 0.15) is 5.82 Å². The van der Waals surface area contributed by atoms with Gasteiger partial charge in [-0.2, -0.15) is 0 Å². The molecule has 1 aliphatic carbocycles. The Hall–Kier alpha value is -2.17. The van der Waals surface area contributed by atoms with Gasteiger partial charge in [-0.15, -0.1) is 0 Å². The third-order valence-corrected chi connectivity index (χ3v) is 4.66. The van der Waals surface area contributed by atoms with Gasteiger partial charge in [-0.1, -0.05) is 38.8 Å². The highest BCUT2D eigenvalue weighted by atomic mass is 19.1. The predicted molar refractivity (Wildman–Crippen MR) is 90.5 cm³/mol. The van der Waals surface area contributed by atoms with E-state index in [1.54, 1.807) is 12.1 Å². The van der Waals surface area contributed by atoms with Crippen LogP contribution in [0.2, 0.25) is 0 Å². The lowest BCUT2D eigenvalue weighted by molar-refractivity contribution is -0.144. The normalized spacial score (nSPS) is 23.9. The lowest BCUT2D eigenvalue weighted by Gasteiger charge is -2.34. The summed E-state index contributed by atoms with van der Waals surface area (Å²) in [4.78, 5) is 23.6. The van der Waals surface area contributed by atoms with Crippen molar-refractivity contribution in [3.63, 3.8) is 0 Å². The first-order valence-electron chi connectivity index (χ1n) is 8.35. The van der Waals surface area contributed by atoms with E-state index in [1.165, 1.54) is 30.7 Å². The van der Waals surface area contributed by atoms with Gasteiger partial charge >= 0.3 is 5.97 Å². The van der Waals surface area contributed by atoms with E-state index >= 15 is 0 Å². The van der Waals surface area contributed by atoms with Gasteiger partial charge in [-0.3, -0.25) is 4.79 Å². The van der Waals surface area contributed by atoms with E-state index in [1.807, 2.05) is 0 Å². The molecule has 0 unspecified atom stereocenters. The minimum absolute atomic E-state index is 0.141. The predicted octanol–water partition coefficient (Wildman–Crippen LogP) is 3.32. The second kappa shape index (κ2) is 8.62. The molecule has 0 aliphatic heterocycles. The molecule has 1 N–H and O–H groups in total. The maximum atomic E-state index is 13.0. The van der Waals surface area contributed by atoms with E-state index in [4.69, 9.17) is 4.74 Å². The summed E-state index contributed by atoms with van der Waals surface area (Å²) in [6.07, 6.45) is 5.90. The highest BCUT2D eigenvalue weighted by Crippen LogP contribution is 2.29. The molecule has 130 valence electrons. The van der Waals surface area contributed by atoms with Gasteiger partial charge in [0.05, 0.1) is 0 Å². The molecule has 0 bridgehead atoms. The molecule has 0 aromatic heterocycles. The summed E-state index contributed by atoms with van der Waals surface area (Å²) in [6, 6.07) is 6.00. The fourth-order valence-corrected chi connectivity index (χ4v) is 2.99. The summed E-state index contributed by atoms with van der Waals surface area (Å²) < 4.78 is 18.0. The van der Waals surface area contributed by atoms with Crippen LogP contribution in [-0.4, -0.2) is 24.5 Å². The van der Waals surface area contributed by atoms with Gasteiger partial charge < -0.3 is 10.1 Å². The van der Waals surface area contributed by atoms with Crippen molar-refractivity contribution in [1.29, 1.82) is 0 Å². The van der Waals surface area contributed by atoms with Gasteiger partial charge in [-0.05, 0) is 42.0 Å². The number of carbonyl (C=O) groups is 2. The van der Waals surface area contributed by atoms with E-state index in [0.29, 0.717) is 17.4 Å². The number of hydrogen-bond donors (Lipinski definition) is 1. The van der Waals surface area contributed by atoms with Crippen LogP contribution in [-0.2, 0) is 14.3 Å². The number of rotatable bonds is 5. The second-order valence-electron chi connectivity index (χ2n) is 6.44. The zero-order valence-corrected chi connectivity index (χ0v) is 14.1. The quantitative estimate of drug-likeness (QED) is 0.664. The number of amides is 1. The summed E-state index contributed by atoms with van der Waals surface area (Å²) in [6.45, 7) is 4.03. The molecular formula is C19H24FNO3. The Morgan fingerprint density at radius 2 is 2.12 bits per heavy atom. The average Bonchev–Trinajstić information content (AvgIpc) is 2.55. The highest BCUT2D eigenvalue weighted by molar-refractivity contribution is 5.89. The van der Waals surface area contributed by atoms with E-state index in [-0.39, 0.29) is 24.4 Å². The summed E-state index contributed by atoms with van der Waals surface area (Å²) >= 11 is 0. The zero-order chi connectivity index (χ0) is 17.5. The Morgan fingerprint density at radius 3 is 2.88 bits per heavy atom. The Labute approximate surface area is 142 Å². The number of halogens is 1. The summed E-state index contributed by atoms with van der Waals surface area (Å²) in [5.74, 6) is -0.277. The summed E-state index contributed by atoms with van der Waals surface area (Å²) in [5.41, 5.74) is 0.557. The number of nitrogens with one attached hydrogen (secondary N) is 1. The highest BCUT2D eigenvalue weighted by Gasteiger charge is 2.28. The van der Waals surface area contributed by atoms with Crippen LogP contribution in [0.15, 0.2) is 30.3 Å². The molecule has 1 saturated carbocycles. The first-order valence-corrected chi connectivity index (χ1v) is 8.35. The first-order chi connectivity index (χ1) is 11.5. The Kier molecular flexibility index (Phi) is 6.53. The number of hydrogen-bond acceptors (Lipinski definition) is 3. The van der Waals surface area contributed by atoms with Gasteiger partial charge in [0.25, 0.3) is 5.91 Å². The van der Waals surface area contributed by atoms with Crippen molar-refractivity contribution < 1.29 is 18.7 Å². The molecule has 0 heterocycles. The van der Waals surface area contributed by atoms with Crippen LogP contribution in [0.3, 0.4) is 0 Å². The molecule has 0 saturated heterocycles. The molecule has 24 heavy (non-hydrogen) atoms. The van der Waals surface area contributed by atoms with E-state index in [0.717, 1.165) is 12.8 Å². The van der Waals surface area contributed by atoms with Crippen LogP contribution in [0.4, 0.5) is 4.39 Å². The van der Waals surface area contributed by atoms with Crippen LogP contribution in [0, 0.1) is 17.7 Å². The molecule has 5 heteroatoms. The minimum atomic E-state index is -0.625. The zero-order valence-electron chi connectivity index (χ0n) is 14.1. The Bertz CT molecular complexity index is 614. The molecule has 0 spiro atoms. The second-order valence-corrected chi connectivity index (χ2v) is 6.44. The SMILES string of the molecule is C[C@H]1[C@H](C)CCC[C@@H]1NC(=O)COC(=O)/C=C\c1cccc(F)c1. The molecule has 1 amide bonds. The minimum Gasteiger partial charge on any atom is -0.452 e. The molecule has 1 fully saturated rings. The van der Waals surface area contributed by atoms with Crippen LogP contribution in [0.25, 0.3) is 6.08 Å². The molecular weight excluding hydrogens is 309 g/mol. The van der Waals surface area contributed by atoms with Crippen molar-refractivity contribution in [3.8, 4) is 0 Å². The monoisotopic (exact) mass is 333 g/mol. The third kappa shape index (κ3) is 5.48. The van der Waals surface area contributed by atoms with Gasteiger partial charge in [0.15, 0.2) is 6.61 Å². The van der Waals surface area contributed by atoms with Crippen LogP contribution >= 0.6 is 0 Å². The number of benzene rings is 1. The molecule has 3 atom stereocenters. The number of carbonyl (C=O) groups excluding carboxylic acids is 2. The van der Waals surface area contributed by atoms with Gasteiger partial charge in [0, 0.05) is 12.1 Å². The maximum absolute atomic E-state index is 13.0. The van der Waals surface area contributed by atoms with Crippen molar-refractivity contribution in [2.24, 2.45) is 11.8 Å². The summed E-state index contributed by atoms with van der Waals surface area (Å²) in [7, 11) is 0. The van der Waals surface area contributed by atoms with Crippen molar-refractivity contribution >= 4 is 18.0 Å². The largest absolute Gasteiger partial charge is 0.452 e. The van der Waals surface area contributed by atoms with E-state index in [2.05, 4.69) is 19.2 Å². The summed E-state index contributed by atoms with van der Waals surface area (Å²) in [5, 5.41) is 2.95. The smallest absolute Gasteiger partial charge is 0.331 e. The molecule has 2 rings (SSSR count). The first kappa shape index (κ1) is 18.2. The number of esters is 1. The third-order valence-electron chi connectivity index (χ3n) is 4.66. The Morgan fingerprint density at radius 1 is 1.33 bits per heavy atom. The van der Waals surface area contributed by atoms with Crippen LogP contribution in [0.1, 0.15) is 38.7 Å². The maximum Gasteiger partial charge on any atom is 0.331 e. The topological polar surface area (TPSA) is 55.4 Å². The standard InChI is InChI=1S/C19H24FNO3/c1-13-5-3-8-17(14(13)2)21-18(22)12-24-19(23)10-9-15-6-4-7-16(20)11-15/h4,6-7,9-11,13-14,17H,3,5,8,12H2,1-2H3,(H,21,22)/b10-9-/t13-,14+,17+/m1/s1. The molecule has 4 nitrogen and oxygen atoms in total. The average molecular weight is 333 g/mol.